The molecule has 5 atom stereocenters. The third-order valence-corrected chi connectivity index (χ3v) is 3.94. The van der Waals surface area contributed by atoms with Crippen LogP contribution in [0.2, 0.25) is 0 Å². The summed E-state index contributed by atoms with van der Waals surface area (Å²) >= 11 is 0. The summed E-state index contributed by atoms with van der Waals surface area (Å²) in [6.45, 7) is 4.21. The molecule has 14 heavy (non-hydrogen) atoms. The SMILES string of the molecule is CCC1CCC(C)C2C(O)OC(=O)C12. The van der Waals surface area contributed by atoms with Gasteiger partial charge in [-0.15, -0.1) is 0 Å². The quantitative estimate of drug-likeness (QED) is 0.650. The van der Waals surface area contributed by atoms with E-state index in [0.717, 1.165) is 19.3 Å². The Morgan fingerprint density at radius 2 is 2.21 bits per heavy atom. The molecule has 2 fully saturated rings. The summed E-state index contributed by atoms with van der Waals surface area (Å²) in [6.07, 6.45) is 2.36. The van der Waals surface area contributed by atoms with Gasteiger partial charge in [-0.05, 0) is 24.7 Å². The highest BCUT2D eigenvalue weighted by Gasteiger charge is 2.51. The van der Waals surface area contributed by atoms with Crippen LogP contribution in [0.25, 0.3) is 0 Å². The number of fused-ring (bicyclic) bond motifs is 1. The summed E-state index contributed by atoms with van der Waals surface area (Å²) in [5.41, 5.74) is 0. The first-order valence-corrected chi connectivity index (χ1v) is 5.53. The summed E-state index contributed by atoms with van der Waals surface area (Å²) in [7, 11) is 0. The van der Waals surface area contributed by atoms with Crippen LogP contribution in [0.15, 0.2) is 0 Å². The number of hydrogen-bond acceptors (Lipinski definition) is 3. The van der Waals surface area contributed by atoms with Gasteiger partial charge in [-0.1, -0.05) is 20.3 Å². The molecule has 2 aliphatic rings. The first-order valence-electron chi connectivity index (χ1n) is 5.53. The van der Waals surface area contributed by atoms with Crippen molar-refractivity contribution in [3.63, 3.8) is 0 Å². The normalized spacial score (nSPS) is 47.4. The number of hydrogen-bond donors (Lipinski definition) is 1. The molecule has 0 spiro atoms. The molecule has 0 amide bonds. The Kier molecular flexibility index (Phi) is 2.52. The predicted molar refractivity (Wildman–Crippen MR) is 51.3 cm³/mol. The van der Waals surface area contributed by atoms with Gasteiger partial charge in [0.2, 0.25) is 6.29 Å². The van der Waals surface area contributed by atoms with E-state index >= 15 is 0 Å². The minimum atomic E-state index is -0.850. The number of aliphatic hydroxyl groups excluding tert-OH is 1. The van der Waals surface area contributed by atoms with Crippen LogP contribution in [0.4, 0.5) is 0 Å². The van der Waals surface area contributed by atoms with Crippen molar-refractivity contribution in [2.45, 2.75) is 39.4 Å². The lowest BCUT2D eigenvalue weighted by Crippen LogP contribution is -2.36. The van der Waals surface area contributed by atoms with Gasteiger partial charge in [0, 0.05) is 5.92 Å². The van der Waals surface area contributed by atoms with Crippen molar-refractivity contribution in [1.29, 1.82) is 0 Å². The van der Waals surface area contributed by atoms with Crippen LogP contribution in [0.3, 0.4) is 0 Å². The van der Waals surface area contributed by atoms with Crippen LogP contribution in [0, 0.1) is 23.7 Å². The lowest BCUT2D eigenvalue weighted by molar-refractivity contribution is -0.157. The fraction of sp³-hybridized carbons (Fsp3) is 0.909. The Hall–Kier alpha value is -0.570. The van der Waals surface area contributed by atoms with Gasteiger partial charge in [0.25, 0.3) is 0 Å². The van der Waals surface area contributed by atoms with E-state index in [-0.39, 0.29) is 17.8 Å². The van der Waals surface area contributed by atoms with E-state index < -0.39 is 6.29 Å². The van der Waals surface area contributed by atoms with Crippen LogP contribution in [-0.2, 0) is 9.53 Å². The highest BCUT2D eigenvalue weighted by Crippen LogP contribution is 2.46. The Morgan fingerprint density at radius 3 is 2.86 bits per heavy atom. The van der Waals surface area contributed by atoms with Crippen molar-refractivity contribution in [3.8, 4) is 0 Å². The van der Waals surface area contributed by atoms with Crippen molar-refractivity contribution >= 4 is 5.97 Å². The van der Waals surface area contributed by atoms with Gasteiger partial charge in [-0.3, -0.25) is 4.79 Å². The van der Waals surface area contributed by atoms with E-state index in [2.05, 4.69) is 13.8 Å². The van der Waals surface area contributed by atoms with Gasteiger partial charge in [0.1, 0.15) is 0 Å². The molecule has 0 aromatic heterocycles. The Bertz CT molecular complexity index is 239. The number of aliphatic hydroxyl groups is 1. The maximum absolute atomic E-state index is 11.6. The Morgan fingerprint density at radius 1 is 1.50 bits per heavy atom. The fourth-order valence-electron chi connectivity index (χ4n) is 3.06. The third-order valence-electron chi connectivity index (χ3n) is 3.94. The minimum absolute atomic E-state index is 0.0428. The van der Waals surface area contributed by atoms with Gasteiger partial charge in [-0.25, -0.2) is 0 Å². The van der Waals surface area contributed by atoms with Crippen LogP contribution >= 0.6 is 0 Å². The molecule has 80 valence electrons. The van der Waals surface area contributed by atoms with Gasteiger partial charge < -0.3 is 9.84 Å². The summed E-state index contributed by atoms with van der Waals surface area (Å²) < 4.78 is 4.93. The second-order valence-electron chi connectivity index (χ2n) is 4.65. The monoisotopic (exact) mass is 198 g/mol. The van der Waals surface area contributed by atoms with E-state index in [1.165, 1.54) is 0 Å². The maximum Gasteiger partial charge on any atom is 0.312 e. The topological polar surface area (TPSA) is 46.5 Å². The summed E-state index contributed by atoms with van der Waals surface area (Å²) in [5, 5.41) is 9.64. The van der Waals surface area contributed by atoms with Gasteiger partial charge in [0.05, 0.1) is 5.92 Å². The summed E-state index contributed by atoms with van der Waals surface area (Å²) in [6, 6.07) is 0. The highest BCUT2D eigenvalue weighted by molar-refractivity contribution is 5.75. The van der Waals surface area contributed by atoms with Crippen molar-refractivity contribution in [3.05, 3.63) is 0 Å². The van der Waals surface area contributed by atoms with Crippen molar-refractivity contribution in [2.24, 2.45) is 23.7 Å². The van der Waals surface area contributed by atoms with Crippen LogP contribution < -0.4 is 0 Å². The van der Waals surface area contributed by atoms with Crippen LogP contribution in [0.5, 0.6) is 0 Å². The third kappa shape index (κ3) is 1.34. The van der Waals surface area contributed by atoms with Crippen LogP contribution in [-0.4, -0.2) is 17.4 Å². The molecule has 1 saturated heterocycles. The van der Waals surface area contributed by atoms with Crippen molar-refractivity contribution in [2.75, 3.05) is 0 Å². The molecule has 0 aromatic carbocycles. The molecule has 5 unspecified atom stereocenters. The zero-order chi connectivity index (χ0) is 10.3. The second kappa shape index (κ2) is 3.54. The minimum Gasteiger partial charge on any atom is -0.435 e. The summed E-state index contributed by atoms with van der Waals surface area (Å²) in [4.78, 5) is 11.6. The molecular formula is C11H18O3. The molecule has 1 heterocycles. The molecule has 0 radical (unpaired) electrons. The Labute approximate surface area is 84.4 Å². The first-order chi connectivity index (χ1) is 6.65. The average Bonchev–Trinajstić information content (AvgIpc) is 2.44. The first kappa shape index (κ1) is 9.97. The fourth-order valence-corrected chi connectivity index (χ4v) is 3.06. The van der Waals surface area contributed by atoms with Gasteiger partial charge >= 0.3 is 5.97 Å². The molecule has 0 aromatic rings. The molecule has 2 rings (SSSR count). The van der Waals surface area contributed by atoms with Crippen molar-refractivity contribution < 1.29 is 14.6 Å². The molecular weight excluding hydrogens is 180 g/mol. The number of carbonyl (C=O) groups is 1. The lowest BCUT2D eigenvalue weighted by Gasteiger charge is -2.35. The summed E-state index contributed by atoms with van der Waals surface area (Å²) in [5.74, 6) is 0.644. The second-order valence-corrected chi connectivity index (χ2v) is 4.65. The zero-order valence-corrected chi connectivity index (χ0v) is 8.77. The largest absolute Gasteiger partial charge is 0.435 e. The number of cyclic esters (lactones) is 1. The van der Waals surface area contributed by atoms with E-state index in [4.69, 9.17) is 4.74 Å². The number of carbonyl (C=O) groups excluding carboxylic acids is 1. The van der Waals surface area contributed by atoms with Gasteiger partial charge in [-0.2, -0.15) is 0 Å². The maximum atomic E-state index is 11.6. The number of esters is 1. The van der Waals surface area contributed by atoms with Gasteiger partial charge in [0.15, 0.2) is 0 Å². The van der Waals surface area contributed by atoms with E-state index in [9.17, 15) is 9.90 Å². The molecule has 1 saturated carbocycles. The highest BCUT2D eigenvalue weighted by atomic mass is 16.6. The molecule has 1 aliphatic carbocycles. The number of rotatable bonds is 1. The molecule has 1 aliphatic heterocycles. The molecule has 0 bridgehead atoms. The van der Waals surface area contributed by atoms with Crippen LogP contribution in [0.1, 0.15) is 33.1 Å². The smallest absolute Gasteiger partial charge is 0.312 e. The zero-order valence-electron chi connectivity index (χ0n) is 8.77. The van der Waals surface area contributed by atoms with E-state index in [1.807, 2.05) is 0 Å². The standard InChI is InChI=1S/C11H18O3/c1-3-7-5-4-6(2)8-9(7)11(13)14-10(8)12/h6-10,12H,3-5H2,1-2H3. The lowest BCUT2D eigenvalue weighted by atomic mass is 9.67. The van der Waals surface area contributed by atoms with E-state index in [1.54, 1.807) is 0 Å². The Balaban J connectivity index is 2.22. The molecule has 3 nitrogen and oxygen atoms in total. The predicted octanol–water partition coefficient (Wildman–Crippen LogP) is 1.55. The van der Waals surface area contributed by atoms with Crippen molar-refractivity contribution in [1.82, 2.24) is 0 Å². The molecule has 3 heteroatoms. The number of ether oxygens (including phenoxy) is 1. The van der Waals surface area contributed by atoms with E-state index in [0.29, 0.717) is 11.8 Å². The molecule has 1 N–H and O–H groups in total. The average molecular weight is 198 g/mol.